The number of likely N-dealkylation sites (tertiary alicyclic amines) is 1. The Morgan fingerprint density at radius 3 is 3.06 bits per heavy atom. The Morgan fingerprint density at radius 2 is 2.29 bits per heavy atom. The van der Waals surface area contributed by atoms with E-state index in [0.717, 1.165) is 37.8 Å². The molecule has 94 valence electrons. The summed E-state index contributed by atoms with van der Waals surface area (Å²) in [6.45, 7) is 4.08. The first-order valence-electron chi connectivity index (χ1n) is 5.87. The first-order chi connectivity index (χ1) is 8.19. The van der Waals surface area contributed by atoms with Gasteiger partial charge in [0.05, 0.1) is 10.7 Å². The SMILES string of the molecule is CNCC1CCN(Cc2nc(Cl)ccc2Cl)C1. The molecular weight excluding hydrogens is 257 g/mol. The van der Waals surface area contributed by atoms with Gasteiger partial charge in [-0.05, 0) is 44.6 Å². The zero-order valence-electron chi connectivity index (χ0n) is 9.92. The van der Waals surface area contributed by atoms with E-state index in [1.165, 1.54) is 6.42 Å². The highest BCUT2D eigenvalue weighted by atomic mass is 35.5. The molecule has 1 unspecified atom stereocenters. The van der Waals surface area contributed by atoms with Crippen molar-refractivity contribution in [3.05, 3.63) is 28.0 Å². The number of pyridine rings is 1. The molecule has 1 fully saturated rings. The fourth-order valence-corrected chi connectivity index (χ4v) is 2.62. The molecule has 5 heteroatoms. The number of aromatic nitrogens is 1. The first kappa shape index (κ1) is 13.1. The maximum absolute atomic E-state index is 6.11. The van der Waals surface area contributed by atoms with Crippen LogP contribution in [0.2, 0.25) is 10.2 Å². The van der Waals surface area contributed by atoms with Crippen molar-refractivity contribution in [1.82, 2.24) is 15.2 Å². The van der Waals surface area contributed by atoms with Crippen LogP contribution in [0, 0.1) is 5.92 Å². The van der Waals surface area contributed by atoms with Crippen molar-refractivity contribution >= 4 is 23.2 Å². The predicted octanol–water partition coefficient (Wildman–Crippen LogP) is 2.43. The molecule has 0 aliphatic carbocycles. The van der Waals surface area contributed by atoms with Gasteiger partial charge in [-0.25, -0.2) is 4.98 Å². The fourth-order valence-electron chi connectivity index (χ4n) is 2.29. The van der Waals surface area contributed by atoms with Crippen molar-refractivity contribution < 1.29 is 0 Å². The van der Waals surface area contributed by atoms with Crippen LogP contribution in [0.25, 0.3) is 0 Å². The Bertz CT molecular complexity index is 384. The second kappa shape index (κ2) is 6.01. The van der Waals surface area contributed by atoms with Crippen LogP contribution in [-0.2, 0) is 6.54 Å². The molecule has 1 saturated heterocycles. The molecule has 17 heavy (non-hydrogen) atoms. The summed E-state index contributed by atoms with van der Waals surface area (Å²) < 4.78 is 0. The number of nitrogens with zero attached hydrogens (tertiary/aromatic N) is 2. The number of nitrogens with one attached hydrogen (secondary N) is 1. The normalized spacial score (nSPS) is 21.0. The molecule has 0 radical (unpaired) electrons. The second-order valence-electron chi connectivity index (χ2n) is 4.51. The lowest BCUT2D eigenvalue weighted by molar-refractivity contribution is 0.312. The smallest absolute Gasteiger partial charge is 0.129 e. The Morgan fingerprint density at radius 1 is 1.47 bits per heavy atom. The van der Waals surface area contributed by atoms with Crippen LogP contribution in [0.5, 0.6) is 0 Å². The molecule has 0 spiro atoms. The van der Waals surface area contributed by atoms with E-state index in [9.17, 15) is 0 Å². The molecule has 1 aromatic heterocycles. The molecule has 0 saturated carbocycles. The van der Waals surface area contributed by atoms with Crippen molar-refractivity contribution in [2.45, 2.75) is 13.0 Å². The van der Waals surface area contributed by atoms with Gasteiger partial charge in [-0.1, -0.05) is 23.2 Å². The summed E-state index contributed by atoms with van der Waals surface area (Å²) in [5.74, 6) is 0.734. The monoisotopic (exact) mass is 273 g/mol. The van der Waals surface area contributed by atoms with Gasteiger partial charge in [0.2, 0.25) is 0 Å². The summed E-state index contributed by atoms with van der Waals surface area (Å²) >= 11 is 12.0. The highest BCUT2D eigenvalue weighted by Gasteiger charge is 2.22. The van der Waals surface area contributed by atoms with Crippen LogP contribution in [0.3, 0.4) is 0 Å². The molecule has 0 aromatic carbocycles. The van der Waals surface area contributed by atoms with Gasteiger partial charge in [0.25, 0.3) is 0 Å². The molecule has 2 rings (SSSR count). The maximum atomic E-state index is 6.11. The van der Waals surface area contributed by atoms with Crippen LogP contribution in [0.4, 0.5) is 0 Å². The van der Waals surface area contributed by atoms with E-state index in [4.69, 9.17) is 23.2 Å². The summed E-state index contributed by atoms with van der Waals surface area (Å²) in [5, 5.41) is 4.44. The molecule has 3 nitrogen and oxygen atoms in total. The molecule has 2 heterocycles. The molecule has 1 N–H and O–H groups in total. The largest absolute Gasteiger partial charge is 0.319 e. The van der Waals surface area contributed by atoms with Gasteiger partial charge in [-0.15, -0.1) is 0 Å². The maximum Gasteiger partial charge on any atom is 0.129 e. The minimum atomic E-state index is 0.510. The average molecular weight is 274 g/mol. The van der Waals surface area contributed by atoms with Crippen LogP contribution >= 0.6 is 23.2 Å². The lowest BCUT2D eigenvalue weighted by Crippen LogP contribution is -2.24. The van der Waals surface area contributed by atoms with Gasteiger partial charge in [-0.2, -0.15) is 0 Å². The third-order valence-electron chi connectivity index (χ3n) is 3.12. The minimum Gasteiger partial charge on any atom is -0.319 e. The molecule has 0 amide bonds. The second-order valence-corrected chi connectivity index (χ2v) is 5.30. The summed E-state index contributed by atoms with van der Waals surface area (Å²) in [4.78, 5) is 6.66. The van der Waals surface area contributed by atoms with Crippen LogP contribution in [0.1, 0.15) is 12.1 Å². The number of hydrogen-bond donors (Lipinski definition) is 1. The van der Waals surface area contributed by atoms with E-state index >= 15 is 0 Å². The van der Waals surface area contributed by atoms with E-state index in [1.54, 1.807) is 6.07 Å². The quantitative estimate of drug-likeness (QED) is 0.855. The third kappa shape index (κ3) is 3.55. The molecule has 1 aromatic rings. The Balaban J connectivity index is 1.95. The molecule has 1 aliphatic heterocycles. The van der Waals surface area contributed by atoms with E-state index in [0.29, 0.717) is 10.2 Å². The van der Waals surface area contributed by atoms with E-state index < -0.39 is 0 Å². The third-order valence-corrected chi connectivity index (χ3v) is 3.68. The van der Waals surface area contributed by atoms with Crippen LogP contribution in [-0.4, -0.2) is 36.6 Å². The highest BCUT2D eigenvalue weighted by molar-refractivity contribution is 6.32. The van der Waals surface area contributed by atoms with Crippen molar-refractivity contribution in [2.24, 2.45) is 5.92 Å². The number of halogens is 2. The van der Waals surface area contributed by atoms with Crippen molar-refractivity contribution in [3.63, 3.8) is 0 Å². The summed E-state index contributed by atoms with van der Waals surface area (Å²) in [6, 6.07) is 3.54. The molecular formula is C12H17Cl2N3. The van der Waals surface area contributed by atoms with Crippen LogP contribution in [0.15, 0.2) is 12.1 Å². The van der Waals surface area contributed by atoms with Gasteiger partial charge in [0.15, 0.2) is 0 Å². The standard InChI is InChI=1S/C12H17Cl2N3/c1-15-6-9-4-5-17(7-9)8-11-10(13)2-3-12(14)16-11/h2-3,9,15H,4-8H2,1H3. The molecule has 1 aliphatic rings. The van der Waals surface area contributed by atoms with Gasteiger partial charge < -0.3 is 5.32 Å². The van der Waals surface area contributed by atoms with E-state index in [2.05, 4.69) is 15.2 Å². The first-order valence-corrected chi connectivity index (χ1v) is 6.62. The zero-order valence-corrected chi connectivity index (χ0v) is 11.4. The Labute approximate surface area is 112 Å². The summed E-state index contributed by atoms with van der Waals surface area (Å²) in [5.41, 5.74) is 0.879. The fraction of sp³-hybridized carbons (Fsp3) is 0.583. The van der Waals surface area contributed by atoms with Gasteiger partial charge in [-0.3, -0.25) is 4.90 Å². The topological polar surface area (TPSA) is 28.2 Å². The lowest BCUT2D eigenvalue weighted by Gasteiger charge is -2.16. The van der Waals surface area contributed by atoms with Crippen molar-refractivity contribution in [2.75, 3.05) is 26.7 Å². The zero-order chi connectivity index (χ0) is 12.3. The number of rotatable bonds is 4. The summed E-state index contributed by atoms with van der Waals surface area (Å²) in [7, 11) is 2.00. The van der Waals surface area contributed by atoms with Gasteiger partial charge in [0.1, 0.15) is 5.15 Å². The van der Waals surface area contributed by atoms with E-state index in [1.807, 2.05) is 13.1 Å². The highest BCUT2D eigenvalue weighted by Crippen LogP contribution is 2.22. The van der Waals surface area contributed by atoms with E-state index in [-0.39, 0.29) is 0 Å². The Kier molecular flexibility index (Phi) is 4.62. The number of hydrogen-bond acceptors (Lipinski definition) is 3. The predicted molar refractivity (Wildman–Crippen MR) is 71.6 cm³/mol. The summed E-state index contributed by atoms with van der Waals surface area (Å²) in [6.07, 6.45) is 1.24. The van der Waals surface area contributed by atoms with Crippen molar-refractivity contribution in [1.29, 1.82) is 0 Å². The van der Waals surface area contributed by atoms with Crippen molar-refractivity contribution in [3.8, 4) is 0 Å². The molecule has 1 atom stereocenters. The van der Waals surface area contributed by atoms with Crippen LogP contribution < -0.4 is 5.32 Å². The minimum absolute atomic E-state index is 0.510. The van der Waals surface area contributed by atoms with Gasteiger partial charge in [0, 0.05) is 13.1 Å². The molecule has 0 bridgehead atoms. The van der Waals surface area contributed by atoms with Gasteiger partial charge >= 0.3 is 0 Å². The average Bonchev–Trinajstić information content (AvgIpc) is 2.72. The Hall–Kier alpha value is -0.350. The lowest BCUT2D eigenvalue weighted by atomic mass is 10.1.